The van der Waals surface area contributed by atoms with Crippen molar-refractivity contribution in [1.82, 2.24) is 15.5 Å². The first-order valence-corrected chi connectivity index (χ1v) is 13.8. The molecule has 0 fully saturated rings. The first-order valence-electron chi connectivity index (χ1n) is 13.8. The van der Waals surface area contributed by atoms with Crippen molar-refractivity contribution in [2.24, 2.45) is 5.73 Å². The molecule has 0 aliphatic rings. The summed E-state index contributed by atoms with van der Waals surface area (Å²) in [6, 6.07) is 2.07. The van der Waals surface area contributed by atoms with Crippen molar-refractivity contribution in [3.05, 3.63) is 29.3 Å². The van der Waals surface area contributed by atoms with E-state index in [1.54, 1.807) is 54.5 Å². The molecule has 12 nitrogen and oxygen atoms in total. The zero-order chi connectivity index (χ0) is 31.5. The first kappa shape index (κ1) is 35.2. The van der Waals surface area contributed by atoms with Crippen molar-refractivity contribution in [2.75, 3.05) is 13.2 Å². The molecule has 1 rings (SSSR count). The average molecular weight is 579 g/mol. The van der Waals surface area contributed by atoms with Gasteiger partial charge in [-0.2, -0.15) is 0 Å². The number of rotatable bonds is 14. The Labute approximate surface area is 242 Å². The maximum Gasteiger partial charge on any atom is 0.408 e. The van der Waals surface area contributed by atoms with Crippen LogP contribution in [-0.4, -0.2) is 70.1 Å². The molecule has 2 unspecified atom stereocenters. The molecule has 0 radical (unpaired) electrons. The lowest BCUT2D eigenvalue weighted by molar-refractivity contribution is -0.150. The van der Waals surface area contributed by atoms with Crippen LogP contribution in [0.25, 0.3) is 0 Å². The predicted molar refractivity (Wildman–Crippen MR) is 153 cm³/mol. The SMILES string of the molecule is CCOC(=O)CCNC(=O)C(c1ccc(O)c(C)c1)N(C(=O)C(CCC(N)=O)NC(=O)OC(C)(C)C)C(C)(C)CC. The third-order valence-corrected chi connectivity index (χ3v) is 6.40. The number of alkyl carbamates (subject to hydrolysis) is 1. The first-order chi connectivity index (χ1) is 18.9. The summed E-state index contributed by atoms with van der Waals surface area (Å²) in [4.78, 5) is 65.6. The van der Waals surface area contributed by atoms with E-state index < -0.39 is 53.0 Å². The van der Waals surface area contributed by atoms with Crippen LogP contribution in [0, 0.1) is 6.92 Å². The van der Waals surface area contributed by atoms with Crippen LogP contribution in [0.1, 0.15) is 91.3 Å². The van der Waals surface area contributed by atoms with Gasteiger partial charge in [-0.3, -0.25) is 19.2 Å². The highest BCUT2D eigenvalue weighted by molar-refractivity contribution is 5.93. The fourth-order valence-electron chi connectivity index (χ4n) is 3.99. The molecule has 1 aromatic carbocycles. The molecular formula is C29H46N4O8. The van der Waals surface area contributed by atoms with Gasteiger partial charge in [0, 0.05) is 18.5 Å². The van der Waals surface area contributed by atoms with Crippen LogP contribution in [0.5, 0.6) is 5.75 Å². The molecule has 0 aliphatic heterocycles. The van der Waals surface area contributed by atoms with Gasteiger partial charge in [-0.1, -0.05) is 13.0 Å². The van der Waals surface area contributed by atoms with Crippen LogP contribution in [0.15, 0.2) is 18.2 Å². The number of phenols is 1. The number of carbonyl (C=O) groups excluding carboxylic acids is 5. The second-order valence-corrected chi connectivity index (χ2v) is 11.4. The summed E-state index contributed by atoms with van der Waals surface area (Å²) in [6.07, 6.45) is -0.868. The molecule has 1 aromatic rings. The molecular weight excluding hydrogens is 532 g/mol. The van der Waals surface area contributed by atoms with Crippen LogP contribution in [0.3, 0.4) is 0 Å². The molecule has 0 saturated carbocycles. The minimum atomic E-state index is -1.25. The summed E-state index contributed by atoms with van der Waals surface area (Å²) in [7, 11) is 0. The van der Waals surface area contributed by atoms with E-state index in [2.05, 4.69) is 10.6 Å². The molecule has 4 amide bonds. The predicted octanol–water partition coefficient (Wildman–Crippen LogP) is 2.99. The van der Waals surface area contributed by atoms with E-state index in [4.69, 9.17) is 15.2 Å². The van der Waals surface area contributed by atoms with E-state index in [-0.39, 0.29) is 38.2 Å². The second-order valence-electron chi connectivity index (χ2n) is 11.4. The zero-order valence-corrected chi connectivity index (χ0v) is 25.5. The second kappa shape index (κ2) is 15.2. The highest BCUT2D eigenvalue weighted by atomic mass is 16.6. The number of carbonyl (C=O) groups is 5. The third-order valence-electron chi connectivity index (χ3n) is 6.40. The summed E-state index contributed by atoms with van der Waals surface area (Å²) < 4.78 is 10.3. The Kier molecular flexibility index (Phi) is 13.1. The van der Waals surface area contributed by atoms with E-state index in [1.165, 1.54) is 17.0 Å². The lowest BCUT2D eigenvalue weighted by Crippen LogP contribution is -2.59. The van der Waals surface area contributed by atoms with Crippen LogP contribution in [0.4, 0.5) is 4.79 Å². The van der Waals surface area contributed by atoms with Gasteiger partial charge >= 0.3 is 12.1 Å². The van der Waals surface area contributed by atoms with E-state index in [0.717, 1.165) is 0 Å². The van der Waals surface area contributed by atoms with Crippen LogP contribution in [-0.2, 0) is 28.7 Å². The van der Waals surface area contributed by atoms with Crippen LogP contribution in [0.2, 0.25) is 0 Å². The van der Waals surface area contributed by atoms with Gasteiger partial charge in [0.05, 0.1) is 13.0 Å². The fraction of sp³-hybridized carbons (Fsp3) is 0.621. The topological polar surface area (TPSA) is 177 Å². The molecule has 12 heteroatoms. The lowest BCUT2D eigenvalue weighted by Gasteiger charge is -2.44. The van der Waals surface area contributed by atoms with E-state index in [9.17, 15) is 29.1 Å². The Balaban J connectivity index is 3.63. The number of benzene rings is 1. The summed E-state index contributed by atoms with van der Waals surface area (Å²) in [6.45, 7) is 13.9. The van der Waals surface area contributed by atoms with Crippen LogP contribution >= 0.6 is 0 Å². The number of amides is 4. The number of nitrogens with zero attached hydrogens (tertiary/aromatic N) is 1. The van der Waals surface area contributed by atoms with Crippen molar-refractivity contribution in [2.45, 2.75) is 104 Å². The molecule has 41 heavy (non-hydrogen) atoms. The Morgan fingerprint density at radius 2 is 1.68 bits per heavy atom. The Hall–Kier alpha value is -3.83. The number of esters is 1. The Bertz CT molecular complexity index is 1100. The number of hydrogen-bond acceptors (Lipinski definition) is 8. The van der Waals surface area contributed by atoms with Gasteiger partial charge in [-0.15, -0.1) is 0 Å². The Morgan fingerprint density at radius 1 is 1.05 bits per heavy atom. The normalized spacial score (nSPS) is 13.0. The summed E-state index contributed by atoms with van der Waals surface area (Å²) >= 11 is 0. The molecule has 0 bridgehead atoms. The van der Waals surface area contributed by atoms with Gasteiger partial charge in [-0.25, -0.2) is 4.79 Å². The largest absolute Gasteiger partial charge is 0.508 e. The minimum Gasteiger partial charge on any atom is -0.508 e. The van der Waals surface area contributed by atoms with Gasteiger partial charge in [0.15, 0.2) is 0 Å². The highest BCUT2D eigenvalue weighted by Crippen LogP contribution is 2.34. The number of ether oxygens (including phenoxy) is 2. The van der Waals surface area contributed by atoms with Crippen LogP contribution < -0.4 is 16.4 Å². The number of aromatic hydroxyl groups is 1. The van der Waals surface area contributed by atoms with Gasteiger partial charge < -0.3 is 35.8 Å². The summed E-state index contributed by atoms with van der Waals surface area (Å²) in [5.41, 5.74) is 4.44. The van der Waals surface area contributed by atoms with Crippen molar-refractivity contribution >= 4 is 29.8 Å². The fourth-order valence-corrected chi connectivity index (χ4v) is 3.99. The quantitative estimate of drug-likeness (QED) is 0.243. The number of nitrogens with two attached hydrogens (primary N) is 1. The van der Waals surface area contributed by atoms with E-state index in [0.29, 0.717) is 17.5 Å². The van der Waals surface area contributed by atoms with Crippen molar-refractivity contribution in [1.29, 1.82) is 0 Å². The molecule has 0 aliphatic carbocycles. The molecule has 0 spiro atoms. The van der Waals surface area contributed by atoms with E-state index in [1.807, 2.05) is 6.92 Å². The highest BCUT2D eigenvalue weighted by Gasteiger charge is 2.43. The number of aryl methyl sites for hydroxylation is 1. The number of phenolic OH excluding ortho intramolecular Hbond substituents is 1. The summed E-state index contributed by atoms with van der Waals surface area (Å²) in [5, 5.41) is 15.4. The third kappa shape index (κ3) is 11.3. The standard InChI is InChI=1S/C29H46N4O8/c1-9-29(7,8)33(26(38)20(12-14-22(30)35)32-27(39)41-28(4,5)6)24(19-11-13-21(34)18(3)17-19)25(37)31-16-15-23(36)40-10-2/h11,13,17,20,24,34H,9-10,12,14-16H2,1-8H3,(H2,30,35)(H,31,37)(H,32,39). The van der Waals surface area contributed by atoms with Crippen molar-refractivity contribution in [3.63, 3.8) is 0 Å². The molecule has 2 atom stereocenters. The maximum absolute atomic E-state index is 14.3. The number of hydrogen-bond donors (Lipinski definition) is 4. The zero-order valence-electron chi connectivity index (χ0n) is 25.5. The average Bonchev–Trinajstić information content (AvgIpc) is 2.85. The lowest BCUT2D eigenvalue weighted by atomic mass is 9.91. The maximum atomic E-state index is 14.3. The summed E-state index contributed by atoms with van der Waals surface area (Å²) in [5.74, 6) is -2.37. The monoisotopic (exact) mass is 578 g/mol. The minimum absolute atomic E-state index is 0.00812. The molecule has 230 valence electrons. The number of primary amides is 1. The van der Waals surface area contributed by atoms with Gasteiger partial charge in [-0.05, 0) is 84.6 Å². The van der Waals surface area contributed by atoms with Gasteiger partial charge in [0.1, 0.15) is 23.4 Å². The van der Waals surface area contributed by atoms with Gasteiger partial charge in [0.25, 0.3) is 0 Å². The Morgan fingerprint density at radius 3 is 2.20 bits per heavy atom. The molecule has 0 heterocycles. The smallest absolute Gasteiger partial charge is 0.408 e. The molecule has 0 saturated heterocycles. The molecule has 5 N–H and O–H groups in total. The van der Waals surface area contributed by atoms with Crippen molar-refractivity contribution in [3.8, 4) is 5.75 Å². The number of nitrogens with one attached hydrogen (secondary N) is 2. The van der Waals surface area contributed by atoms with Gasteiger partial charge in [0.2, 0.25) is 17.7 Å². The molecule has 0 aromatic heterocycles. The van der Waals surface area contributed by atoms with Crippen molar-refractivity contribution < 1.29 is 38.6 Å². The van der Waals surface area contributed by atoms with E-state index >= 15 is 0 Å².